The summed E-state index contributed by atoms with van der Waals surface area (Å²) < 4.78 is 28.5. The van der Waals surface area contributed by atoms with Crippen LogP contribution in [0.15, 0.2) is 41.6 Å². The van der Waals surface area contributed by atoms with E-state index in [4.69, 9.17) is 18.0 Å². The Balaban J connectivity index is 2.06. The molecule has 0 bridgehead atoms. The molecule has 8 heteroatoms. The Bertz CT molecular complexity index is 736. The van der Waals surface area contributed by atoms with Crippen LogP contribution < -0.4 is 10.5 Å². The number of aromatic nitrogens is 2. The van der Waals surface area contributed by atoms with Crippen LogP contribution in [0.2, 0.25) is 0 Å². The Labute approximate surface area is 129 Å². The van der Waals surface area contributed by atoms with Crippen molar-refractivity contribution in [3.05, 3.63) is 47.8 Å². The van der Waals surface area contributed by atoms with Crippen molar-refractivity contribution in [2.75, 3.05) is 0 Å². The summed E-state index contributed by atoms with van der Waals surface area (Å²) in [6.07, 6.45) is 3.83. The number of rotatable bonds is 6. The second-order valence-corrected chi connectivity index (χ2v) is 6.93. The fourth-order valence-electron chi connectivity index (χ4n) is 1.81. The zero-order valence-electron chi connectivity index (χ0n) is 11.5. The van der Waals surface area contributed by atoms with Crippen molar-refractivity contribution in [1.29, 1.82) is 0 Å². The first-order valence-corrected chi connectivity index (χ1v) is 8.10. The molecule has 6 nitrogen and oxygen atoms in total. The van der Waals surface area contributed by atoms with Crippen LogP contribution in [-0.4, -0.2) is 23.2 Å². The van der Waals surface area contributed by atoms with Crippen LogP contribution in [0.1, 0.15) is 11.1 Å². The smallest absolute Gasteiger partial charge is 0.240 e. The van der Waals surface area contributed by atoms with Crippen LogP contribution in [0, 0.1) is 0 Å². The fourth-order valence-corrected chi connectivity index (χ4v) is 3.00. The van der Waals surface area contributed by atoms with Gasteiger partial charge in [0.2, 0.25) is 10.0 Å². The van der Waals surface area contributed by atoms with Crippen molar-refractivity contribution in [3.63, 3.8) is 0 Å². The van der Waals surface area contributed by atoms with E-state index in [-0.39, 0.29) is 11.4 Å². The second-order valence-electron chi connectivity index (χ2n) is 4.63. The van der Waals surface area contributed by atoms with E-state index >= 15 is 0 Å². The maximum absolute atomic E-state index is 12.2. The molecule has 0 spiro atoms. The summed E-state index contributed by atoms with van der Waals surface area (Å²) in [7, 11) is -1.77. The van der Waals surface area contributed by atoms with Crippen LogP contribution >= 0.6 is 12.2 Å². The van der Waals surface area contributed by atoms with E-state index < -0.39 is 10.0 Å². The van der Waals surface area contributed by atoms with Gasteiger partial charge in [0.1, 0.15) is 0 Å². The van der Waals surface area contributed by atoms with Gasteiger partial charge in [-0.15, -0.1) is 0 Å². The molecule has 3 N–H and O–H groups in total. The molecule has 1 aromatic heterocycles. The first kappa shape index (κ1) is 15.6. The standard InChI is InChI=1S/C13H16N4O2S2/c1-17-9-11(7-15-17)8-16-21(18,19)12-4-2-10(3-5-12)6-13(14)20/h2-5,7,9,16H,6,8H2,1H3,(H2,14,20). The molecule has 0 amide bonds. The molecule has 0 unspecified atom stereocenters. The summed E-state index contributed by atoms with van der Waals surface area (Å²) in [5, 5.41) is 3.99. The van der Waals surface area contributed by atoms with Gasteiger partial charge in [0.05, 0.1) is 16.1 Å². The molecule has 1 aromatic carbocycles. The molecular formula is C13H16N4O2S2. The summed E-state index contributed by atoms with van der Waals surface area (Å²) in [5.41, 5.74) is 7.14. The van der Waals surface area contributed by atoms with Gasteiger partial charge in [0.15, 0.2) is 0 Å². The topological polar surface area (TPSA) is 90.0 Å². The maximum Gasteiger partial charge on any atom is 0.240 e. The Morgan fingerprint density at radius 3 is 2.52 bits per heavy atom. The van der Waals surface area contributed by atoms with E-state index in [0.717, 1.165) is 11.1 Å². The van der Waals surface area contributed by atoms with Crippen molar-refractivity contribution in [2.24, 2.45) is 12.8 Å². The molecule has 0 atom stereocenters. The predicted octanol–water partition coefficient (Wildman–Crippen LogP) is 0.727. The lowest BCUT2D eigenvalue weighted by Gasteiger charge is -2.06. The number of nitrogens with zero attached hydrogens (tertiary/aromatic N) is 2. The van der Waals surface area contributed by atoms with Crippen molar-refractivity contribution in [3.8, 4) is 0 Å². The van der Waals surface area contributed by atoms with Crippen LogP contribution in [-0.2, 0) is 30.0 Å². The number of sulfonamides is 1. The van der Waals surface area contributed by atoms with Gasteiger partial charge in [-0.05, 0) is 17.7 Å². The number of hydrogen-bond acceptors (Lipinski definition) is 4. The number of aryl methyl sites for hydroxylation is 1. The highest BCUT2D eigenvalue weighted by molar-refractivity contribution is 7.89. The Kier molecular flexibility index (Phi) is 4.71. The van der Waals surface area contributed by atoms with Crippen molar-refractivity contribution < 1.29 is 8.42 Å². The number of nitrogens with two attached hydrogens (primary N) is 1. The lowest BCUT2D eigenvalue weighted by atomic mass is 10.1. The Morgan fingerprint density at radius 2 is 2.00 bits per heavy atom. The lowest BCUT2D eigenvalue weighted by Crippen LogP contribution is -2.23. The number of nitrogens with one attached hydrogen (secondary N) is 1. The second kappa shape index (κ2) is 6.33. The van der Waals surface area contributed by atoms with Gasteiger partial charge in [-0.2, -0.15) is 5.10 Å². The van der Waals surface area contributed by atoms with Crippen LogP contribution in [0.25, 0.3) is 0 Å². The first-order chi connectivity index (χ1) is 9.87. The molecule has 2 aromatic rings. The molecule has 112 valence electrons. The minimum atomic E-state index is -3.55. The molecule has 0 aliphatic carbocycles. The number of hydrogen-bond donors (Lipinski definition) is 2. The van der Waals surface area contributed by atoms with Gasteiger partial charge in [0.25, 0.3) is 0 Å². The quantitative estimate of drug-likeness (QED) is 0.765. The third kappa shape index (κ3) is 4.35. The van der Waals surface area contributed by atoms with E-state index in [0.29, 0.717) is 11.4 Å². The third-order valence-corrected chi connectivity index (χ3v) is 4.40. The zero-order valence-corrected chi connectivity index (χ0v) is 13.1. The van der Waals surface area contributed by atoms with Crippen molar-refractivity contribution >= 4 is 27.2 Å². The highest BCUT2D eigenvalue weighted by atomic mass is 32.2. The Hall–Kier alpha value is -1.77. The maximum atomic E-state index is 12.2. The molecule has 0 radical (unpaired) electrons. The van der Waals surface area contributed by atoms with Crippen LogP contribution in [0.4, 0.5) is 0 Å². The summed E-state index contributed by atoms with van der Waals surface area (Å²) in [6.45, 7) is 0.199. The summed E-state index contributed by atoms with van der Waals surface area (Å²) in [4.78, 5) is 0.582. The van der Waals surface area contributed by atoms with Gasteiger partial charge in [-0.1, -0.05) is 24.4 Å². The third-order valence-electron chi connectivity index (χ3n) is 2.84. The number of thiocarbonyl (C=S) groups is 1. The van der Waals surface area contributed by atoms with Gasteiger partial charge >= 0.3 is 0 Å². The van der Waals surface area contributed by atoms with Crippen LogP contribution in [0.5, 0.6) is 0 Å². The van der Waals surface area contributed by atoms with E-state index in [2.05, 4.69) is 9.82 Å². The molecule has 2 rings (SSSR count). The van der Waals surface area contributed by atoms with E-state index in [1.165, 1.54) is 0 Å². The monoisotopic (exact) mass is 324 g/mol. The minimum absolute atomic E-state index is 0.199. The van der Waals surface area contributed by atoms with Crippen LogP contribution in [0.3, 0.4) is 0 Å². The summed E-state index contributed by atoms with van der Waals surface area (Å²) in [6, 6.07) is 6.49. The average Bonchev–Trinajstić information content (AvgIpc) is 2.82. The Morgan fingerprint density at radius 1 is 1.33 bits per heavy atom. The van der Waals surface area contributed by atoms with Crippen molar-refractivity contribution in [2.45, 2.75) is 17.9 Å². The molecule has 0 aliphatic heterocycles. The van der Waals surface area contributed by atoms with E-state index in [1.54, 1.807) is 48.4 Å². The van der Waals surface area contributed by atoms with E-state index in [1.807, 2.05) is 0 Å². The van der Waals surface area contributed by atoms with Gasteiger partial charge < -0.3 is 5.73 Å². The summed E-state index contributed by atoms with van der Waals surface area (Å²) >= 11 is 4.82. The lowest BCUT2D eigenvalue weighted by molar-refractivity contribution is 0.581. The van der Waals surface area contributed by atoms with Gasteiger partial charge in [-0.3, -0.25) is 4.68 Å². The number of benzene rings is 1. The average molecular weight is 324 g/mol. The van der Waals surface area contributed by atoms with Crippen molar-refractivity contribution in [1.82, 2.24) is 14.5 Å². The summed E-state index contributed by atoms with van der Waals surface area (Å²) in [5.74, 6) is 0. The highest BCUT2D eigenvalue weighted by Crippen LogP contribution is 2.11. The normalized spacial score (nSPS) is 11.5. The SMILES string of the molecule is Cn1cc(CNS(=O)(=O)c2ccc(CC(N)=S)cc2)cn1. The molecule has 0 aliphatic rings. The van der Waals surface area contributed by atoms with E-state index in [9.17, 15) is 8.42 Å². The molecule has 1 heterocycles. The van der Waals surface area contributed by atoms with Gasteiger partial charge in [-0.25, -0.2) is 13.1 Å². The molecule has 0 saturated heterocycles. The largest absolute Gasteiger partial charge is 0.393 e. The minimum Gasteiger partial charge on any atom is -0.393 e. The molecular weight excluding hydrogens is 308 g/mol. The zero-order chi connectivity index (χ0) is 15.5. The predicted molar refractivity (Wildman–Crippen MR) is 84.2 cm³/mol. The molecule has 0 fully saturated rings. The fraction of sp³-hybridized carbons (Fsp3) is 0.231. The molecule has 0 saturated carbocycles. The molecule has 21 heavy (non-hydrogen) atoms. The highest BCUT2D eigenvalue weighted by Gasteiger charge is 2.13. The van der Waals surface area contributed by atoms with Gasteiger partial charge in [0, 0.05) is 31.8 Å². The first-order valence-electron chi connectivity index (χ1n) is 6.21.